The molecule has 144 valence electrons. The fourth-order valence-electron chi connectivity index (χ4n) is 6.59. The largest absolute Gasteiger partial charge is 0.326 e. The summed E-state index contributed by atoms with van der Waals surface area (Å²) in [5.41, 5.74) is 1.87. The third-order valence-electron chi connectivity index (χ3n) is 7.26. The van der Waals surface area contributed by atoms with E-state index in [1.165, 1.54) is 37.0 Å². The molecule has 1 N–H and O–H groups in total. The van der Waals surface area contributed by atoms with Crippen LogP contribution in [0.4, 0.5) is 11.4 Å². The first-order valence-electron chi connectivity index (χ1n) is 10.1. The van der Waals surface area contributed by atoms with E-state index in [1.807, 2.05) is 0 Å². The van der Waals surface area contributed by atoms with E-state index in [1.54, 1.807) is 12.1 Å². The van der Waals surface area contributed by atoms with Crippen LogP contribution in [0.5, 0.6) is 0 Å². The van der Waals surface area contributed by atoms with Crippen LogP contribution in [0.25, 0.3) is 0 Å². The zero-order valence-corrected chi connectivity index (χ0v) is 15.8. The van der Waals surface area contributed by atoms with Crippen molar-refractivity contribution >= 4 is 17.3 Å². The second-order valence-electron chi connectivity index (χ2n) is 9.15. The van der Waals surface area contributed by atoms with Crippen LogP contribution in [-0.4, -0.2) is 10.8 Å². The second kappa shape index (κ2) is 6.16. The number of non-ortho nitro benzene ring substituents is 1. The predicted octanol–water partition coefficient (Wildman–Crippen LogP) is 5.07. The highest BCUT2D eigenvalue weighted by Gasteiger charge is 2.60. The Morgan fingerprint density at radius 3 is 2.21 bits per heavy atom. The standard InChI is InChI=1S/C23H24N2O3/c26-21(24-19-6-8-20(9-7-19)25(27)28)23-13-16-10-17(14-23)12-22(11-16,15-23)18-4-2-1-3-5-18/h1-9,16-17H,10-15H2,(H,24,26)/t16-,17+,22?,23?. The molecule has 0 spiro atoms. The van der Waals surface area contributed by atoms with Crippen molar-refractivity contribution in [3.05, 3.63) is 70.3 Å². The normalized spacial score (nSPS) is 32.9. The lowest BCUT2D eigenvalue weighted by atomic mass is 9.42. The maximum absolute atomic E-state index is 13.4. The zero-order valence-electron chi connectivity index (χ0n) is 15.8. The van der Waals surface area contributed by atoms with E-state index in [2.05, 4.69) is 35.6 Å². The number of rotatable bonds is 4. The van der Waals surface area contributed by atoms with Gasteiger partial charge in [-0.05, 0) is 73.5 Å². The number of carbonyl (C=O) groups excluding carboxylic acids is 1. The highest BCUT2D eigenvalue weighted by Crippen LogP contribution is 2.65. The van der Waals surface area contributed by atoms with Crippen LogP contribution in [0.1, 0.15) is 44.1 Å². The molecule has 4 fully saturated rings. The molecule has 4 aliphatic carbocycles. The quantitative estimate of drug-likeness (QED) is 0.598. The van der Waals surface area contributed by atoms with Crippen molar-refractivity contribution in [2.75, 3.05) is 5.32 Å². The van der Waals surface area contributed by atoms with E-state index in [0.29, 0.717) is 17.5 Å². The molecular formula is C23H24N2O3. The SMILES string of the molecule is O=C(Nc1ccc([N+](=O)[O-])cc1)C12C[C@H]3C[C@@H](C1)CC(c1ccccc1)(C3)C2. The summed E-state index contributed by atoms with van der Waals surface area (Å²) in [5, 5.41) is 13.9. The lowest BCUT2D eigenvalue weighted by Gasteiger charge is -2.61. The topological polar surface area (TPSA) is 72.2 Å². The van der Waals surface area contributed by atoms with Crippen molar-refractivity contribution in [3.8, 4) is 0 Å². The monoisotopic (exact) mass is 376 g/mol. The van der Waals surface area contributed by atoms with Gasteiger partial charge in [-0.15, -0.1) is 0 Å². The molecule has 0 aromatic heterocycles. The number of benzene rings is 2. The van der Waals surface area contributed by atoms with Gasteiger partial charge in [0.05, 0.1) is 10.3 Å². The average Bonchev–Trinajstić information content (AvgIpc) is 2.68. The molecule has 0 aliphatic heterocycles. The lowest BCUT2D eigenvalue weighted by molar-refractivity contribution is -0.384. The van der Waals surface area contributed by atoms with E-state index in [-0.39, 0.29) is 22.4 Å². The molecule has 4 aliphatic rings. The second-order valence-corrected chi connectivity index (χ2v) is 9.15. The maximum atomic E-state index is 13.4. The van der Waals surface area contributed by atoms with Crippen LogP contribution < -0.4 is 5.32 Å². The number of nitro benzene ring substituents is 1. The number of nitrogens with one attached hydrogen (secondary N) is 1. The molecule has 2 aromatic carbocycles. The smallest absolute Gasteiger partial charge is 0.269 e. The molecule has 5 heteroatoms. The van der Waals surface area contributed by atoms with Crippen LogP contribution in [0, 0.1) is 27.4 Å². The van der Waals surface area contributed by atoms with E-state index in [9.17, 15) is 14.9 Å². The fraction of sp³-hybridized carbons (Fsp3) is 0.435. The van der Waals surface area contributed by atoms with Gasteiger partial charge in [0.15, 0.2) is 0 Å². The van der Waals surface area contributed by atoms with Crippen molar-refractivity contribution in [3.63, 3.8) is 0 Å². The summed E-state index contributed by atoms with van der Waals surface area (Å²) in [5.74, 6) is 1.32. The summed E-state index contributed by atoms with van der Waals surface area (Å²) in [6, 6.07) is 16.9. The molecule has 5 nitrogen and oxygen atoms in total. The van der Waals surface area contributed by atoms with Gasteiger partial charge < -0.3 is 5.32 Å². The van der Waals surface area contributed by atoms with Crippen molar-refractivity contribution < 1.29 is 9.72 Å². The minimum absolute atomic E-state index is 0.0378. The first-order valence-corrected chi connectivity index (χ1v) is 10.1. The van der Waals surface area contributed by atoms with E-state index >= 15 is 0 Å². The van der Waals surface area contributed by atoms with Gasteiger partial charge in [0.2, 0.25) is 5.91 Å². The Hall–Kier alpha value is -2.69. The van der Waals surface area contributed by atoms with Gasteiger partial charge in [-0.1, -0.05) is 30.3 Å². The highest BCUT2D eigenvalue weighted by atomic mass is 16.6. The molecule has 28 heavy (non-hydrogen) atoms. The molecule has 0 heterocycles. The van der Waals surface area contributed by atoms with Crippen LogP contribution >= 0.6 is 0 Å². The average molecular weight is 376 g/mol. The third-order valence-corrected chi connectivity index (χ3v) is 7.26. The number of anilines is 1. The molecule has 0 saturated heterocycles. The number of amides is 1. The summed E-state index contributed by atoms with van der Waals surface area (Å²) >= 11 is 0. The first kappa shape index (κ1) is 17.4. The third kappa shape index (κ3) is 2.72. The Labute approximate surface area is 164 Å². The van der Waals surface area contributed by atoms with Crippen molar-refractivity contribution in [2.24, 2.45) is 17.3 Å². The van der Waals surface area contributed by atoms with Gasteiger partial charge in [-0.2, -0.15) is 0 Å². The van der Waals surface area contributed by atoms with Crippen molar-refractivity contribution in [1.29, 1.82) is 0 Å². The molecule has 4 atom stereocenters. The molecule has 4 saturated carbocycles. The molecular weight excluding hydrogens is 352 g/mol. The van der Waals surface area contributed by atoms with Gasteiger partial charge in [0.25, 0.3) is 5.69 Å². The van der Waals surface area contributed by atoms with E-state index in [0.717, 1.165) is 19.3 Å². The summed E-state index contributed by atoms with van der Waals surface area (Å²) in [6.07, 6.45) is 6.49. The zero-order chi connectivity index (χ0) is 19.4. The van der Waals surface area contributed by atoms with Crippen LogP contribution in [0.2, 0.25) is 0 Å². The van der Waals surface area contributed by atoms with Crippen molar-refractivity contribution in [2.45, 2.75) is 43.9 Å². The number of hydrogen-bond donors (Lipinski definition) is 1. The number of carbonyl (C=O) groups is 1. The van der Waals surface area contributed by atoms with Crippen LogP contribution in [0.3, 0.4) is 0 Å². The minimum Gasteiger partial charge on any atom is -0.326 e. The summed E-state index contributed by atoms with van der Waals surface area (Å²) < 4.78 is 0. The van der Waals surface area contributed by atoms with Gasteiger partial charge >= 0.3 is 0 Å². The number of hydrogen-bond acceptors (Lipinski definition) is 3. The number of nitrogens with zero attached hydrogens (tertiary/aromatic N) is 1. The molecule has 0 radical (unpaired) electrons. The van der Waals surface area contributed by atoms with Gasteiger partial charge in [-0.25, -0.2) is 0 Å². The Morgan fingerprint density at radius 2 is 1.61 bits per heavy atom. The molecule has 2 unspecified atom stereocenters. The van der Waals surface area contributed by atoms with E-state index < -0.39 is 4.92 Å². The Bertz CT molecular complexity index is 909. The van der Waals surface area contributed by atoms with Gasteiger partial charge in [0.1, 0.15) is 0 Å². The fourth-order valence-corrected chi connectivity index (χ4v) is 6.59. The lowest BCUT2D eigenvalue weighted by Crippen LogP contribution is -2.57. The molecule has 1 amide bonds. The summed E-state index contributed by atoms with van der Waals surface area (Å²) in [6.45, 7) is 0. The number of nitro groups is 1. The van der Waals surface area contributed by atoms with Crippen LogP contribution in [0.15, 0.2) is 54.6 Å². The van der Waals surface area contributed by atoms with Gasteiger partial charge in [0, 0.05) is 17.8 Å². The first-order chi connectivity index (χ1) is 13.5. The predicted molar refractivity (Wildman–Crippen MR) is 107 cm³/mol. The highest BCUT2D eigenvalue weighted by molar-refractivity contribution is 5.96. The summed E-state index contributed by atoms with van der Waals surface area (Å²) in [7, 11) is 0. The Balaban J connectivity index is 1.43. The Kier molecular flexibility index (Phi) is 3.83. The van der Waals surface area contributed by atoms with Crippen LogP contribution in [-0.2, 0) is 10.2 Å². The molecule has 4 bridgehead atoms. The van der Waals surface area contributed by atoms with Gasteiger partial charge in [-0.3, -0.25) is 14.9 Å². The van der Waals surface area contributed by atoms with E-state index in [4.69, 9.17) is 0 Å². The Morgan fingerprint density at radius 1 is 0.964 bits per heavy atom. The molecule has 2 aromatic rings. The summed E-state index contributed by atoms with van der Waals surface area (Å²) in [4.78, 5) is 23.8. The van der Waals surface area contributed by atoms with Crippen molar-refractivity contribution in [1.82, 2.24) is 0 Å². The maximum Gasteiger partial charge on any atom is 0.269 e. The molecule has 6 rings (SSSR count). The minimum atomic E-state index is -0.422.